The second-order valence-corrected chi connectivity index (χ2v) is 9.01. The third-order valence-electron chi connectivity index (χ3n) is 4.38. The molecule has 1 aliphatic rings. The first-order chi connectivity index (χ1) is 13.2. The second-order valence-electron chi connectivity index (χ2n) is 7.12. The van der Waals surface area contributed by atoms with Crippen molar-refractivity contribution >= 4 is 15.9 Å². The lowest BCUT2D eigenvalue weighted by atomic mass is 10.0. The van der Waals surface area contributed by atoms with Crippen molar-refractivity contribution in [1.29, 1.82) is 0 Å². The van der Waals surface area contributed by atoms with Crippen LogP contribution in [0.25, 0.3) is 0 Å². The van der Waals surface area contributed by atoms with Gasteiger partial charge in [0.1, 0.15) is 12.2 Å². The molecule has 0 spiro atoms. The number of benzene rings is 2. The first kappa shape index (κ1) is 20.2. The number of hydrogen-bond acceptors (Lipinski definition) is 5. The number of amides is 1. The van der Waals surface area contributed by atoms with E-state index in [1.165, 1.54) is 25.2 Å². The molecule has 1 aliphatic heterocycles. The quantitative estimate of drug-likeness (QED) is 0.690. The molecule has 8 heteroatoms. The van der Waals surface area contributed by atoms with Gasteiger partial charge in [0.2, 0.25) is 10.0 Å². The van der Waals surface area contributed by atoms with Crippen molar-refractivity contribution in [2.24, 2.45) is 0 Å². The SMILES string of the molecule is CNS(=O)(=O)c1cccc(C(=O)NCCOc2cccc3c2OC(C)(C)C3)c1. The number of sulfonamides is 1. The standard InChI is InChI=1S/C20H24N2O5S/c1-20(2)13-15-7-5-9-17(18(15)27-20)26-11-10-22-19(23)14-6-4-8-16(12-14)28(24,25)21-3/h4-9,12,21H,10-11,13H2,1-3H3,(H,22,23). The summed E-state index contributed by atoms with van der Waals surface area (Å²) in [5, 5.41) is 2.73. The zero-order valence-corrected chi connectivity index (χ0v) is 16.9. The van der Waals surface area contributed by atoms with Gasteiger partial charge in [-0.15, -0.1) is 0 Å². The Morgan fingerprint density at radius 2 is 1.96 bits per heavy atom. The fourth-order valence-corrected chi connectivity index (χ4v) is 3.83. The van der Waals surface area contributed by atoms with Crippen LogP contribution < -0.4 is 19.5 Å². The average Bonchev–Trinajstić information content (AvgIpc) is 2.99. The molecular formula is C20H24N2O5S. The van der Waals surface area contributed by atoms with Gasteiger partial charge in [0, 0.05) is 17.5 Å². The minimum absolute atomic E-state index is 0.0403. The summed E-state index contributed by atoms with van der Waals surface area (Å²) in [5.41, 5.74) is 1.12. The van der Waals surface area contributed by atoms with Crippen LogP contribution in [0.4, 0.5) is 0 Å². The minimum atomic E-state index is -3.60. The molecule has 7 nitrogen and oxygen atoms in total. The molecule has 0 unspecified atom stereocenters. The van der Waals surface area contributed by atoms with Crippen molar-refractivity contribution in [2.75, 3.05) is 20.2 Å². The number of rotatable bonds is 7. The summed E-state index contributed by atoms with van der Waals surface area (Å²) >= 11 is 0. The van der Waals surface area contributed by atoms with Crippen LogP contribution in [-0.4, -0.2) is 40.1 Å². The fraction of sp³-hybridized carbons (Fsp3) is 0.350. The smallest absolute Gasteiger partial charge is 0.251 e. The van der Waals surface area contributed by atoms with E-state index >= 15 is 0 Å². The summed E-state index contributed by atoms with van der Waals surface area (Å²) in [7, 11) is -2.28. The molecule has 0 bridgehead atoms. The lowest BCUT2D eigenvalue weighted by Crippen LogP contribution is -2.28. The van der Waals surface area contributed by atoms with E-state index in [1.54, 1.807) is 6.07 Å². The summed E-state index contributed by atoms with van der Waals surface area (Å²) < 4.78 is 37.7. The number of carbonyl (C=O) groups excluding carboxylic acids is 1. The highest BCUT2D eigenvalue weighted by Crippen LogP contribution is 2.41. The summed E-state index contributed by atoms with van der Waals surface area (Å²) in [4.78, 5) is 12.3. The normalized spacial score (nSPS) is 14.8. The molecular weight excluding hydrogens is 380 g/mol. The maximum Gasteiger partial charge on any atom is 0.251 e. The zero-order valence-electron chi connectivity index (χ0n) is 16.1. The van der Waals surface area contributed by atoms with E-state index < -0.39 is 10.0 Å². The van der Waals surface area contributed by atoms with Crippen LogP contribution in [0.5, 0.6) is 11.5 Å². The molecule has 150 valence electrons. The first-order valence-corrected chi connectivity index (χ1v) is 10.5. The van der Waals surface area contributed by atoms with E-state index in [4.69, 9.17) is 9.47 Å². The Labute approximate surface area is 165 Å². The summed E-state index contributed by atoms with van der Waals surface area (Å²) in [6.07, 6.45) is 0.822. The summed E-state index contributed by atoms with van der Waals surface area (Å²) in [6.45, 7) is 4.59. The molecule has 0 fully saturated rings. The molecule has 0 aliphatic carbocycles. The maximum atomic E-state index is 12.3. The van der Waals surface area contributed by atoms with Crippen molar-refractivity contribution in [3.63, 3.8) is 0 Å². The number of hydrogen-bond donors (Lipinski definition) is 2. The third kappa shape index (κ3) is 4.45. The molecule has 2 aromatic carbocycles. The van der Waals surface area contributed by atoms with E-state index in [9.17, 15) is 13.2 Å². The van der Waals surface area contributed by atoms with Gasteiger partial charge in [-0.2, -0.15) is 0 Å². The molecule has 0 saturated heterocycles. The highest BCUT2D eigenvalue weighted by molar-refractivity contribution is 7.89. The largest absolute Gasteiger partial charge is 0.488 e. The second kappa shape index (κ2) is 7.81. The van der Waals surface area contributed by atoms with Crippen molar-refractivity contribution in [1.82, 2.24) is 10.0 Å². The Morgan fingerprint density at radius 1 is 1.21 bits per heavy atom. The number of ether oxygens (including phenoxy) is 2. The van der Waals surface area contributed by atoms with E-state index in [0.717, 1.165) is 17.7 Å². The molecule has 0 saturated carbocycles. The monoisotopic (exact) mass is 404 g/mol. The zero-order chi connectivity index (χ0) is 20.4. The van der Waals surface area contributed by atoms with Crippen molar-refractivity contribution in [2.45, 2.75) is 30.8 Å². The fourth-order valence-electron chi connectivity index (χ4n) is 3.05. The van der Waals surface area contributed by atoms with Gasteiger partial charge in [-0.1, -0.05) is 18.2 Å². The van der Waals surface area contributed by atoms with Gasteiger partial charge in [-0.05, 0) is 45.2 Å². The van der Waals surface area contributed by atoms with Gasteiger partial charge < -0.3 is 14.8 Å². The van der Waals surface area contributed by atoms with E-state index in [0.29, 0.717) is 5.75 Å². The Kier molecular flexibility index (Phi) is 5.62. The van der Waals surface area contributed by atoms with Crippen LogP contribution >= 0.6 is 0 Å². The van der Waals surface area contributed by atoms with Gasteiger partial charge in [0.05, 0.1) is 11.4 Å². The molecule has 2 aromatic rings. The van der Waals surface area contributed by atoms with Gasteiger partial charge >= 0.3 is 0 Å². The highest BCUT2D eigenvalue weighted by atomic mass is 32.2. The molecule has 0 atom stereocenters. The molecule has 3 rings (SSSR count). The van der Waals surface area contributed by atoms with Crippen LogP contribution in [0.2, 0.25) is 0 Å². The van der Waals surface area contributed by atoms with Crippen LogP contribution in [0, 0.1) is 0 Å². The number of fused-ring (bicyclic) bond motifs is 1. The predicted octanol–water partition coefficient (Wildman–Crippen LogP) is 2.12. The van der Waals surface area contributed by atoms with Crippen molar-refractivity contribution < 1.29 is 22.7 Å². The van der Waals surface area contributed by atoms with E-state index in [-0.39, 0.29) is 35.1 Å². The van der Waals surface area contributed by atoms with Crippen LogP contribution in [-0.2, 0) is 16.4 Å². The number of nitrogens with one attached hydrogen (secondary N) is 2. The van der Waals surface area contributed by atoms with Gasteiger partial charge in [0.15, 0.2) is 11.5 Å². The van der Waals surface area contributed by atoms with Crippen molar-refractivity contribution in [3.8, 4) is 11.5 Å². The molecule has 28 heavy (non-hydrogen) atoms. The number of carbonyl (C=O) groups is 1. The lowest BCUT2D eigenvalue weighted by Gasteiger charge is -2.18. The molecule has 1 amide bonds. The van der Waals surface area contributed by atoms with Crippen LogP contribution in [0.1, 0.15) is 29.8 Å². The predicted molar refractivity (Wildman–Crippen MR) is 105 cm³/mol. The van der Waals surface area contributed by atoms with Gasteiger partial charge in [-0.3, -0.25) is 4.79 Å². The average molecular weight is 404 g/mol. The summed E-state index contributed by atoms with van der Waals surface area (Å²) in [5.74, 6) is 1.04. The van der Waals surface area contributed by atoms with Crippen molar-refractivity contribution in [3.05, 3.63) is 53.6 Å². The molecule has 0 aromatic heterocycles. The molecule has 2 N–H and O–H groups in total. The third-order valence-corrected chi connectivity index (χ3v) is 5.79. The number of para-hydroxylation sites is 1. The Bertz CT molecular complexity index is 986. The Balaban J connectivity index is 1.57. The molecule has 1 heterocycles. The Morgan fingerprint density at radius 3 is 2.71 bits per heavy atom. The topological polar surface area (TPSA) is 93.7 Å². The maximum absolute atomic E-state index is 12.3. The minimum Gasteiger partial charge on any atom is -0.488 e. The Hall–Kier alpha value is -2.58. The van der Waals surface area contributed by atoms with Crippen LogP contribution in [0.15, 0.2) is 47.4 Å². The van der Waals surface area contributed by atoms with Crippen LogP contribution in [0.3, 0.4) is 0 Å². The summed E-state index contributed by atoms with van der Waals surface area (Å²) in [6, 6.07) is 11.6. The molecule has 0 radical (unpaired) electrons. The lowest BCUT2D eigenvalue weighted by molar-refractivity contribution is 0.0946. The first-order valence-electron chi connectivity index (χ1n) is 8.97. The van der Waals surface area contributed by atoms with E-state index in [2.05, 4.69) is 10.0 Å². The van der Waals surface area contributed by atoms with E-state index in [1.807, 2.05) is 32.0 Å². The highest BCUT2D eigenvalue weighted by Gasteiger charge is 2.32. The van der Waals surface area contributed by atoms with Gasteiger partial charge in [0.25, 0.3) is 5.91 Å². The van der Waals surface area contributed by atoms with Gasteiger partial charge in [-0.25, -0.2) is 13.1 Å².